The molecule has 1 aromatic carbocycles. The van der Waals surface area contributed by atoms with Crippen molar-refractivity contribution in [2.75, 3.05) is 23.7 Å². The quantitative estimate of drug-likeness (QED) is 0.942. The van der Waals surface area contributed by atoms with Gasteiger partial charge in [0.15, 0.2) is 0 Å². The summed E-state index contributed by atoms with van der Waals surface area (Å²) in [6.45, 7) is 4.12. The minimum Gasteiger partial charge on any atom is -0.368 e. The maximum atomic E-state index is 5.87. The van der Waals surface area contributed by atoms with E-state index in [1.165, 1.54) is 24.0 Å². The number of nitrogens with two attached hydrogens (primary N) is 1. The summed E-state index contributed by atoms with van der Waals surface area (Å²) in [5.74, 6) is 3.03. The first-order valence-electron chi connectivity index (χ1n) is 8.02. The normalized spacial score (nSPS) is 21.3. The molecule has 0 spiro atoms. The van der Waals surface area contributed by atoms with Gasteiger partial charge in [0.1, 0.15) is 5.82 Å². The highest BCUT2D eigenvalue weighted by atomic mass is 15.3. The van der Waals surface area contributed by atoms with Gasteiger partial charge in [-0.3, -0.25) is 0 Å². The molecular weight excluding hydrogens is 274 g/mol. The van der Waals surface area contributed by atoms with Crippen molar-refractivity contribution in [1.29, 1.82) is 0 Å². The van der Waals surface area contributed by atoms with Crippen molar-refractivity contribution >= 4 is 11.9 Å². The van der Waals surface area contributed by atoms with Crippen molar-refractivity contribution < 1.29 is 0 Å². The lowest BCUT2D eigenvalue weighted by atomic mass is 9.94. The van der Waals surface area contributed by atoms with E-state index in [1.807, 2.05) is 0 Å². The van der Waals surface area contributed by atoms with E-state index in [4.69, 9.17) is 5.73 Å². The first kappa shape index (κ1) is 13.5. The zero-order chi connectivity index (χ0) is 15.1. The Kier molecular flexibility index (Phi) is 3.21. The Morgan fingerprint density at radius 1 is 1.05 bits per heavy atom. The fourth-order valence-electron chi connectivity index (χ4n) is 3.30. The molecule has 1 aliphatic heterocycles. The van der Waals surface area contributed by atoms with E-state index < -0.39 is 0 Å². The third kappa shape index (κ3) is 2.51. The highest BCUT2D eigenvalue weighted by Crippen LogP contribution is 2.39. The van der Waals surface area contributed by atoms with Crippen LogP contribution in [0.15, 0.2) is 24.3 Å². The number of benzene rings is 1. The van der Waals surface area contributed by atoms with Crippen LogP contribution in [0.25, 0.3) is 0 Å². The topological polar surface area (TPSA) is 67.9 Å². The van der Waals surface area contributed by atoms with Crippen LogP contribution < -0.4 is 10.6 Å². The Hall–Kier alpha value is -2.17. The van der Waals surface area contributed by atoms with E-state index in [1.54, 1.807) is 0 Å². The van der Waals surface area contributed by atoms with Crippen LogP contribution in [0.2, 0.25) is 0 Å². The van der Waals surface area contributed by atoms with E-state index in [-0.39, 0.29) is 0 Å². The molecule has 0 bridgehead atoms. The lowest BCUT2D eigenvalue weighted by molar-refractivity contribution is 0.764. The molecule has 22 heavy (non-hydrogen) atoms. The van der Waals surface area contributed by atoms with Crippen molar-refractivity contribution in [3.05, 3.63) is 41.2 Å². The Labute approximate surface area is 130 Å². The first-order chi connectivity index (χ1) is 10.7. The van der Waals surface area contributed by atoms with Crippen LogP contribution in [0.1, 0.15) is 48.0 Å². The lowest BCUT2D eigenvalue weighted by Crippen LogP contribution is -2.23. The zero-order valence-corrected chi connectivity index (χ0v) is 12.9. The molecule has 0 radical (unpaired) electrons. The third-order valence-electron chi connectivity index (χ3n) is 4.70. The van der Waals surface area contributed by atoms with Gasteiger partial charge >= 0.3 is 0 Å². The molecule has 2 fully saturated rings. The summed E-state index contributed by atoms with van der Waals surface area (Å²) in [6.07, 6.45) is 3.48. The number of nitrogens with zero attached hydrogens (tertiary/aromatic N) is 4. The fraction of sp³-hybridized carbons (Fsp3) is 0.471. The molecule has 1 aliphatic carbocycles. The number of hydrogen-bond acceptors (Lipinski definition) is 5. The average Bonchev–Trinajstić information content (AvgIpc) is 3.25. The van der Waals surface area contributed by atoms with Crippen LogP contribution >= 0.6 is 0 Å². The highest BCUT2D eigenvalue weighted by molar-refractivity contribution is 5.40. The molecule has 0 amide bonds. The standard InChI is InChI=1S/C17H21N5/c1-11-4-2-3-5-14(11)13-8-9-22(10-13)17-20-15(12-6-7-12)19-16(18)21-17/h2-5,12-13H,6-10H2,1H3,(H2,18,19,20,21). The predicted octanol–water partition coefficient (Wildman–Crippen LogP) is 2.63. The van der Waals surface area contributed by atoms with E-state index in [0.29, 0.717) is 17.8 Å². The van der Waals surface area contributed by atoms with Crippen molar-refractivity contribution in [3.63, 3.8) is 0 Å². The van der Waals surface area contributed by atoms with Gasteiger partial charge in [0, 0.05) is 24.9 Å². The summed E-state index contributed by atoms with van der Waals surface area (Å²) >= 11 is 0. The smallest absolute Gasteiger partial charge is 0.230 e. The fourth-order valence-corrected chi connectivity index (χ4v) is 3.30. The number of hydrogen-bond donors (Lipinski definition) is 1. The molecule has 1 saturated carbocycles. The monoisotopic (exact) mass is 295 g/mol. The molecule has 2 N–H and O–H groups in total. The number of aryl methyl sites for hydroxylation is 1. The summed E-state index contributed by atoms with van der Waals surface area (Å²) in [5.41, 5.74) is 8.68. The molecule has 1 unspecified atom stereocenters. The van der Waals surface area contributed by atoms with Gasteiger partial charge in [-0.05, 0) is 37.3 Å². The van der Waals surface area contributed by atoms with E-state index in [9.17, 15) is 0 Å². The van der Waals surface area contributed by atoms with Crippen molar-refractivity contribution in [1.82, 2.24) is 15.0 Å². The lowest BCUT2D eigenvalue weighted by Gasteiger charge is -2.18. The molecule has 2 aromatic rings. The zero-order valence-electron chi connectivity index (χ0n) is 12.9. The Bertz CT molecular complexity index is 695. The van der Waals surface area contributed by atoms with Gasteiger partial charge in [0.25, 0.3) is 0 Å². The van der Waals surface area contributed by atoms with E-state index in [2.05, 4.69) is 51.0 Å². The SMILES string of the molecule is Cc1ccccc1C1CCN(c2nc(N)nc(C3CC3)n2)C1. The van der Waals surface area contributed by atoms with Crippen LogP contribution in [0.3, 0.4) is 0 Å². The Morgan fingerprint density at radius 2 is 1.86 bits per heavy atom. The largest absolute Gasteiger partial charge is 0.368 e. The molecule has 5 nitrogen and oxygen atoms in total. The summed E-state index contributed by atoms with van der Waals surface area (Å²) in [5, 5.41) is 0. The Morgan fingerprint density at radius 3 is 2.64 bits per heavy atom. The minimum absolute atomic E-state index is 0.353. The molecular formula is C17H21N5. The predicted molar refractivity (Wildman–Crippen MR) is 87.0 cm³/mol. The van der Waals surface area contributed by atoms with Crippen molar-refractivity contribution in [2.45, 2.75) is 38.0 Å². The van der Waals surface area contributed by atoms with Crippen LogP contribution in [-0.2, 0) is 0 Å². The molecule has 1 atom stereocenters. The molecule has 4 rings (SSSR count). The molecule has 5 heteroatoms. The van der Waals surface area contributed by atoms with Crippen molar-refractivity contribution in [3.8, 4) is 0 Å². The maximum absolute atomic E-state index is 5.87. The third-order valence-corrected chi connectivity index (χ3v) is 4.70. The van der Waals surface area contributed by atoms with Gasteiger partial charge in [-0.1, -0.05) is 24.3 Å². The minimum atomic E-state index is 0.353. The highest BCUT2D eigenvalue weighted by Gasteiger charge is 2.30. The van der Waals surface area contributed by atoms with Gasteiger partial charge in [0.05, 0.1) is 0 Å². The van der Waals surface area contributed by atoms with E-state index >= 15 is 0 Å². The summed E-state index contributed by atoms with van der Waals surface area (Å²) in [4.78, 5) is 15.5. The second kappa shape index (κ2) is 5.23. The van der Waals surface area contributed by atoms with Gasteiger partial charge in [0.2, 0.25) is 11.9 Å². The summed E-state index contributed by atoms with van der Waals surface area (Å²) in [6, 6.07) is 8.64. The van der Waals surface area contributed by atoms with Crippen LogP contribution in [-0.4, -0.2) is 28.0 Å². The average molecular weight is 295 g/mol. The van der Waals surface area contributed by atoms with Gasteiger partial charge < -0.3 is 10.6 Å². The molecule has 2 aliphatic rings. The second-order valence-corrected chi connectivity index (χ2v) is 6.41. The van der Waals surface area contributed by atoms with Gasteiger partial charge in [-0.25, -0.2) is 0 Å². The number of nitrogen functional groups attached to an aromatic ring is 1. The second-order valence-electron chi connectivity index (χ2n) is 6.41. The van der Waals surface area contributed by atoms with Crippen LogP contribution in [0, 0.1) is 6.92 Å². The van der Waals surface area contributed by atoms with Crippen LogP contribution in [0.5, 0.6) is 0 Å². The molecule has 1 aromatic heterocycles. The van der Waals surface area contributed by atoms with Gasteiger partial charge in [-0.15, -0.1) is 0 Å². The number of anilines is 2. The summed E-state index contributed by atoms with van der Waals surface area (Å²) < 4.78 is 0. The number of aromatic nitrogens is 3. The first-order valence-corrected chi connectivity index (χ1v) is 8.02. The molecule has 1 saturated heterocycles. The summed E-state index contributed by atoms with van der Waals surface area (Å²) in [7, 11) is 0. The Balaban J connectivity index is 1.57. The molecule has 2 heterocycles. The van der Waals surface area contributed by atoms with Crippen LogP contribution in [0.4, 0.5) is 11.9 Å². The molecule has 114 valence electrons. The van der Waals surface area contributed by atoms with Crippen molar-refractivity contribution in [2.24, 2.45) is 0 Å². The maximum Gasteiger partial charge on any atom is 0.230 e. The van der Waals surface area contributed by atoms with E-state index in [0.717, 1.165) is 31.3 Å². The van der Waals surface area contributed by atoms with Gasteiger partial charge in [-0.2, -0.15) is 15.0 Å². The number of rotatable bonds is 3.